The molecule has 0 aromatic carbocycles. The van der Waals surface area contributed by atoms with E-state index in [9.17, 15) is 24.9 Å². The van der Waals surface area contributed by atoms with Crippen LogP contribution in [0.3, 0.4) is 0 Å². The molecule has 0 aromatic heterocycles. The topological polar surface area (TPSA) is 120 Å². The second kappa shape index (κ2) is 8.63. The second-order valence-electron chi connectivity index (χ2n) is 11.8. The Balaban J connectivity index is 1.24. The van der Waals surface area contributed by atoms with Gasteiger partial charge < -0.3 is 25.1 Å². The molecule has 5 rings (SSSR count). The van der Waals surface area contributed by atoms with Gasteiger partial charge in [0.05, 0.1) is 17.9 Å². The Morgan fingerprint density at radius 1 is 1.12 bits per heavy atom. The number of allylic oxidation sites excluding steroid dienone is 2. The third-order valence-electron chi connectivity index (χ3n) is 10.2. The standard InChI is InChI=1S/C26H38N2O6/c1-25-9-7-16(27-34-14-23(31)28-13-17(29)12-21(28)24(32)33)11-15(25)3-4-18-19-5-6-22(30)26(19,2)10-8-20(18)25/h11,17-22,29-30H,3-10,12-14H2,1-2H3,(H,32,33)/b27-16-/t17-,18-,19+,20+,21-,22+,25+,26+/m1/s1. The van der Waals surface area contributed by atoms with Gasteiger partial charge in [0.15, 0.2) is 6.61 Å². The first-order valence-electron chi connectivity index (χ1n) is 12.9. The highest BCUT2D eigenvalue weighted by molar-refractivity contribution is 5.96. The van der Waals surface area contributed by atoms with Gasteiger partial charge in [0.2, 0.25) is 0 Å². The Labute approximate surface area is 201 Å². The Bertz CT molecular complexity index is 917. The number of β-amino-alcohol motifs (C(OH)–C–C–N with tert-alkyl or cyclic N) is 1. The van der Waals surface area contributed by atoms with Crippen LogP contribution in [0.1, 0.15) is 71.6 Å². The summed E-state index contributed by atoms with van der Waals surface area (Å²) in [5.74, 6) is 0.380. The largest absolute Gasteiger partial charge is 0.480 e. The number of hydrogen-bond donors (Lipinski definition) is 3. The Morgan fingerprint density at radius 2 is 1.91 bits per heavy atom. The number of aliphatic hydroxyl groups excluding tert-OH is 2. The van der Waals surface area contributed by atoms with Crippen LogP contribution in [-0.4, -0.2) is 69.2 Å². The molecule has 0 bridgehead atoms. The fourth-order valence-electron chi connectivity index (χ4n) is 8.19. The molecule has 0 unspecified atom stereocenters. The van der Waals surface area contributed by atoms with Crippen LogP contribution in [0.25, 0.3) is 0 Å². The maximum atomic E-state index is 12.4. The number of fused-ring (bicyclic) bond motifs is 5. The van der Waals surface area contributed by atoms with Crippen molar-refractivity contribution in [3.63, 3.8) is 0 Å². The van der Waals surface area contributed by atoms with E-state index in [1.54, 1.807) is 0 Å². The number of aliphatic carboxylic acids is 1. The quantitative estimate of drug-likeness (QED) is 0.539. The first kappa shape index (κ1) is 23.8. The van der Waals surface area contributed by atoms with Crippen molar-refractivity contribution in [2.24, 2.45) is 33.7 Å². The molecule has 8 heteroatoms. The zero-order valence-electron chi connectivity index (χ0n) is 20.3. The van der Waals surface area contributed by atoms with Crippen LogP contribution in [0.15, 0.2) is 16.8 Å². The number of carbonyl (C=O) groups excluding carboxylic acids is 1. The first-order valence-corrected chi connectivity index (χ1v) is 12.9. The molecular formula is C26H38N2O6. The lowest BCUT2D eigenvalue weighted by atomic mass is 9.47. The number of likely N-dealkylation sites (tertiary alicyclic amines) is 1. The molecule has 1 saturated heterocycles. The molecule has 0 spiro atoms. The Kier molecular flexibility index (Phi) is 6.04. The maximum absolute atomic E-state index is 12.4. The normalized spacial score (nSPS) is 44.8. The lowest BCUT2D eigenvalue weighted by Gasteiger charge is -2.57. The number of rotatable bonds is 4. The minimum absolute atomic E-state index is 0.0117. The van der Waals surface area contributed by atoms with Crippen LogP contribution in [-0.2, 0) is 14.4 Å². The van der Waals surface area contributed by atoms with Gasteiger partial charge in [-0.1, -0.05) is 24.6 Å². The van der Waals surface area contributed by atoms with Gasteiger partial charge in [-0.3, -0.25) is 4.79 Å². The number of oxime groups is 1. The van der Waals surface area contributed by atoms with Crippen molar-refractivity contribution in [2.75, 3.05) is 13.2 Å². The van der Waals surface area contributed by atoms with Gasteiger partial charge in [0.1, 0.15) is 6.04 Å². The third-order valence-corrected chi connectivity index (χ3v) is 10.2. The number of nitrogens with zero attached hydrogens (tertiary/aromatic N) is 2. The zero-order valence-corrected chi connectivity index (χ0v) is 20.3. The summed E-state index contributed by atoms with van der Waals surface area (Å²) in [4.78, 5) is 30.3. The van der Waals surface area contributed by atoms with E-state index in [0.717, 1.165) is 44.2 Å². The van der Waals surface area contributed by atoms with E-state index < -0.39 is 24.0 Å². The molecule has 3 saturated carbocycles. The van der Waals surface area contributed by atoms with E-state index >= 15 is 0 Å². The lowest BCUT2D eigenvalue weighted by Crippen LogP contribution is -2.51. The minimum atomic E-state index is -1.11. The van der Waals surface area contributed by atoms with Gasteiger partial charge in [-0.2, -0.15) is 0 Å². The number of carboxylic acid groups (broad SMARTS) is 1. The van der Waals surface area contributed by atoms with Gasteiger partial charge in [-0.25, -0.2) is 4.79 Å². The maximum Gasteiger partial charge on any atom is 0.326 e. The van der Waals surface area contributed by atoms with E-state index in [4.69, 9.17) is 4.84 Å². The smallest absolute Gasteiger partial charge is 0.326 e. The molecule has 1 aliphatic heterocycles. The summed E-state index contributed by atoms with van der Waals surface area (Å²) < 4.78 is 0. The molecule has 4 fully saturated rings. The van der Waals surface area contributed by atoms with Crippen molar-refractivity contribution < 1.29 is 29.7 Å². The number of hydrogen-bond acceptors (Lipinski definition) is 6. The summed E-state index contributed by atoms with van der Waals surface area (Å²) in [6.07, 6.45) is 9.64. The van der Waals surface area contributed by atoms with Crippen LogP contribution in [0.4, 0.5) is 0 Å². The summed E-state index contributed by atoms with van der Waals surface area (Å²) in [6, 6.07) is -1.01. The van der Waals surface area contributed by atoms with Gasteiger partial charge >= 0.3 is 5.97 Å². The number of amides is 1. The predicted octanol–water partition coefficient (Wildman–Crippen LogP) is 2.73. The molecule has 3 N–H and O–H groups in total. The predicted molar refractivity (Wildman–Crippen MR) is 125 cm³/mol. The van der Waals surface area contributed by atoms with E-state index in [-0.39, 0.29) is 36.5 Å². The highest BCUT2D eigenvalue weighted by Gasteiger charge is 2.58. The lowest BCUT2D eigenvalue weighted by molar-refractivity contribution is -0.150. The van der Waals surface area contributed by atoms with Crippen molar-refractivity contribution in [3.8, 4) is 0 Å². The van der Waals surface area contributed by atoms with Crippen LogP contribution in [0, 0.1) is 28.6 Å². The van der Waals surface area contributed by atoms with Crippen LogP contribution in [0.2, 0.25) is 0 Å². The molecule has 8 nitrogen and oxygen atoms in total. The average molecular weight is 475 g/mol. The Morgan fingerprint density at radius 3 is 2.68 bits per heavy atom. The second-order valence-corrected chi connectivity index (χ2v) is 11.8. The van der Waals surface area contributed by atoms with Crippen LogP contribution >= 0.6 is 0 Å². The van der Waals surface area contributed by atoms with E-state index in [1.807, 2.05) is 0 Å². The molecule has 0 radical (unpaired) electrons. The molecule has 5 aliphatic rings. The fraction of sp³-hybridized carbons (Fsp3) is 0.808. The molecule has 4 aliphatic carbocycles. The van der Waals surface area contributed by atoms with E-state index in [0.29, 0.717) is 17.8 Å². The van der Waals surface area contributed by atoms with Gasteiger partial charge in [0.25, 0.3) is 5.91 Å². The van der Waals surface area contributed by atoms with E-state index in [2.05, 4.69) is 25.1 Å². The highest BCUT2D eigenvalue weighted by Crippen LogP contribution is 2.65. The van der Waals surface area contributed by atoms with Crippen molar-refractivity contribution in [1.29, 1.82) is 0 Å². The molecule has 0 aromatic rings. The summed E-state index contributed by atoms with van der Waals surface area (Å²) >= 11 is 0. The molecule has 1 heterocycles. The highest BCUT2D eigenvalue weighted by atomic mass is 16.6. The summed E-state index contributed by atoms with van der Waals surface area (Å²) in [5, 5.41) is 33.9. The fourth-order valence-corrected chi connectivity index (χ4v) is 8.19. The molecule has 1 amide bonds. The van der Waals surface area contributed by atoms with Crippen LogP contribution in [0.5, 0.6) is 0 Å². The SMILES string of the molecule is C[C@]12CC[C@H]3[C@H](CCC4=C/C(=N\OCC(=O)N5C[C@H](O)C[C@@H]5C(=O)O)CC[C@@]43C)[C@@H]1CC[C@@H]2O. The van der Waals surface area contributed by atoms with Crippen molar-refractivity contribution in [3.05, 3.63) is 11.6 Å². The van der Waals surface area contributed by atoms with Gasteiger partial charge in [0, 0.05) is 13.0 Å². The minimum Gasteiger partial charge on any atom is -0.480 e. The first-order chi connectivity index (χ1) is 16.1. The number of aliphatic hydroxyl groups is 2. The third kappa shape index (κ3) is 3.77. The molecular weight excluding hydrogens is 436 g/mol. The van der Waals surface area contributed by atoms with Crippen molar-refractivity contribution in [1.82, 2.24) is 4.90 Å². The monoisotopic (exact) mass is 474 g/mol. The summed E-state index contributed by atoms with van der Waals surface area (Å²) in [7, 11) is 0. The summed E-state index contributed by atoms with van der Waals surface area (Å²) in [6.45, 7) is 4.41. The van der Waals surface area contributed by atoms with Crippen molar-refractivity contribution >= 4 is 17.6 Å². The zero-order chi connectivity index (χ0) is 24.3. The number of carboxylic acids is 1. The molecule has 188 valence electrons. The summed E-state index contributed by atoms with van der Waals surface area (Å²) in [5.41, 5.74) is 2.52. The molecule has 34 heavy (non-hydrogen) atoms. The van der Waals surface area contributed by atoms with Gasteiger partial charge in [-0.15, -0.1) is 0 Å². The van der Waals surface area contributed by atoms with Crippen molar-refractivity contribution in [2.45, 2.75) is 89.9 Å². The van der Waals surface area contributed by atoms with Gasteiger partial charge in [-0.05, 0) is 86.0 Å². The molecule has 8 atom stereocenters. The van der Waals surface area contributed by atoms with E-state index in [1.165, 1.54) is 23.3 Å². The average Bonchev–Trinajstić information content (AvgIpc) is 3.33. The Hall–Kier alpha value is -1.93. The van der Waals surface area contributed by atoms with Crippen LogP contribution < -0.4 is 0 Å². The number of carbonyl (C=O) groups is 2.